The van der Waals surface area contributed by atoms with Crippen molar-refractivity contribution in [3.63, 3.8) is 0 Å². The van der Waals surface area contributed by atoms with Gasteiger partial charge in [-0.25, -0.2) is 8.78 Å². The Morgan fingerprint density at radius 1 is 1.16 bits per heavy atom. The summed E-state index contributed by atoms with van der Waals surface area (Å²) in [6.07, 6.45) is 0.645. The predicted octanol–water partition coefficient (Wildman–Crippen LogP) is 2.54. The highest BCUT2D eigenvalue weighted by Gasteiger charge is 2.14. The first-order valence-electron chi connectivity index (χ1n) is 6.99. The van der Waals surface area contributed by atoms with Crippen LogP contribution in [0.3, 0.4) is 0 Å². The number of rotatable bonds is 4. The SMILES string of the molecule is CC(C)c1cc(CCN2CCNCC2)c(F)cc1F. The van der Waals surface area contributed by atoms with E-state index in [1.54, 1.807) is 6.07 Å². The molecule has 1 aliphatic rings. The zero-order chi connectivity index (χ0) is 13.8. The topological polar surface area (TPSA) is 15.3 Å². The lowest BCUT2D eigenvalue weighted by Gasteiger charge is -2.27. The fourth-order valence-corrected chi connectivity index (χ4v) is 2.46. The van der Waals surface area contributed by atoms with Crippen molar-refractivity contribution in [2.45, 2.75) is 26.2 Å². The van der Waals surface area contributed by atoms with Gasteiger partial charge in [0.15, 0.2) is 0 Å². The molecule has 19 heavy (non-hydrogen) atoms. The second-order valence-electron chi connectivity index (χ2n) is 5.46. The van der Waals surface area contributed by atoms with E-state index in [1.165, 1.54) is 0 Å². The third kappa shape index (κ3) is 3.74. The van der Waals surface area contributed by atoms with E-state index in [0.29, 0.717) is 17.5 Å². The maximum Gasteiger partial charge on any atom is 0.129 e. The average Bonchev–Trinajstić information content (AvgIpc) is 2.38. The first-order chi connectivity index (χ1) is 9.08. The molecule has 2 nitrogen and oxygen atoms in total. The molecule has 106 valence electrons. The van der Waals surface area contributed by atoms with Crippen molar-refractivity contribution in [1.29, 1.82) is 0 Å². The number of hydrogen-bond donors (Lipinski definition) is 1. The van der Waals surface area contributed by atoms with Gasteiger partial charge in [-0.1, -0.05) is 13.8 Å². The normalized spacial score (nSPS) is 17.1. The second-order valence-corrected chi connectivity index (χ2v) is 5.46. The molecule has 0 spiro atoms. The number of halogens is 2. The van der Waals surface area contributed by atoms with Crippen LogP contribution in [0.25, 0.3) is 0 Å². The van der Waals surface area contributed by atoms with Crippen molar-refractivity contribution < 1.29 is 8.78 Å². The quantitative estimate of drug-likeness (QED) is 0.902. The second kappa shape index (κ2) is 6.44. The van der Waals surface area contributed by atoms with Gasteiger partial charge in [-0.05, 0) is 29.5 Å². The Labute approximate surface area is 113 Å². The first-order valence-corrected chi connectivity index (χ1v) is 6.99. The standard InChI is InChI=1S/C15H22F2N2/c1-11(2)13-9-12(14(16)10-15(13)17)3-6-19-7-4-18-5-8-19/h9-11,18H,3-8H2,1-2H3. The summed E-state index contributed by atoms with van der Waals surface area (Å²) < 4.78 is 27.4. The van der Waals surface area contributed by atoms with Crippen molar-refractivity contribution in [3.8, 4) is 0 Å². The van der Waals surface area contributed by atoms with Crippen LogP contribution in [-0.4, -0.2) is 37.6 Å². The minimum absolute atomic E-state index is 0.0820. The zero-order valence-corrected chi connectivity index (χ0v) is 11.7. The summed E-state index contributed by atoms with van der Waals surface area (Å²) in [7, 11) is 0. The molecule has 4 heteroatoms. The lowest BCUT2D eigenvalue weighted by molar-refractivity contribution is 0.243. The summed E-state index contributed by atoms with van der Waals surface area (Å²) in [4.78, 5) is 2.31. The highest BCUT2D eigenvalue weighted by molar-refractivity contribution is 5.29. The van der Waals surface area contributed by atoms with Crippen molar-refractivity contribution in [1.82, 2.24) is 10.2 Å². The largest absolute Gasteiger partial charge is 0.314 e. The molecule has 0 aromatic heterocycles. The fraction of sp³-hybridized carbons (Fsp3) is 0.600. The molecular weight excluding hydrogens is 246 g/mol. The number of nitrogens with one attached hydrogen (secondary N) is 1. The Morgan fingerprint density at radius 3 is 2.47 bits per heavy atom. The molecule has 0 aliphatic carbocycles. The van der Waals surface area contributed by atoms with Gasteiger partial charge >= 0.3 is 0 Å². The van der Waals surface area contributed by atoms with E-state index in [-0.39, 0.29) is 5.92 Å². The first kappa shape index (κ1) is 14.4. The van der Waals surface area contributed by atoms with E-state index in [1.807, 2.05) is 13.8 Å². The molecule has 0 atom stereocenters. The third-order valence-corrected chi connectivity index (χ3v) is 3.69. The third-order valence-electron chi connectivity index (χ3n) is 3.69. The van der Waals surface area contributed by atoms with Crippen LogP contribution < -0.4 is 5.32 Å². The monoisotopic (exact) mass is 268 g/mol. The van der Waals surface area contributed by atoms with Gasteiger partial charge < -0.3 is 10.2 Å². The summed E-state index contributed by atoms with van der Waals surface area (Å²) in [5.74, 6) is -0.769. The van der Waals surface area contributed by atoms with E-state index < -0.39 is 11.6 Å². The van der Waals surface area contributed by atoms with Crippen molar-refractivity contribution >= 4 is 0 Å². The summed E-state index contributed by atoms with van der Waals surface area (Å²) in [6, 6.07) is 2.72. The Bertz CT molecular complexity index is 426. The Kier molecular flexibility index (Phi) is 4.88. The molecule has 0 radical (unpaired) electrons. The highest BCUT2D eigenvalue weighted by Crippen LogP contribution is 2.22. The number of nitrogens with zero attached hydrogens (tertiary/aromatic N) is 1. The van der Waals surface area contributed by atoms with Crippen LogP contribution in [-0.2, 0) is 6.42 Å². The molecule has 1 N–H and O–H groups in total. The molecule has 2 rings (SSSR count). The van der Waals surface area contributed by atoms with Crippen LogP contribution in [0.2, 0.25) is 0 Å². The van der Waals surface area contributed by atoms with Gasteiger partial charge in [0.1, 0.15) is 11.6 Å². The van der Waals surface area contributed by atoms with Crippen LogP contribution in [0.4, 0.5) is 8.78 Å². The Balaban J connectivity index is 2.04. The smallest absolute Gasteiger partial charge is 0.129 e. The number of benzene rings is 1. The van der Waals surface area contributed by atoms with Crippen molar-refractivity contribution in [2.24, 2.45) is 0 Å². The van der Waals surface area contributed by atoms with Crippen LogP contribution in [0.15, 0.2) is 12.1 Å². The van der Waals surface area contributed by atoms with E-state index in [4.69, 9.17) is 0 Å². The molecule has 0 amide bonds. The van der Waals surface area contributed by atoms with Crippen LogP contribution in [0, 0.1) is 11.6 Å². The van der Waals surface area contributed by atoms with Crippen LogP contribution in [0.1, 0.15) is 30.9 Å². The van der Waals surface area contributed by atoms with Gasteiger partial charge in [0.2, 0.25) is 0 Å². The van der Waals surface area contributed by atoms with Gasteiger partial charge in [-0.15, -0.1) is 0 Å². The van der Waals surface area contributed by atoms with Crippen LogP contribution in [0.5, 0.6) is 0 Å². The van der Waals surface area contributed by atoms with E-state index in [2.05, 4.69) is 10.2 Å². The molecule has 1 fully saturated rings. The molecule has 0 unspecified atom stereocenters. The zero-order valence-electron chi connectivity index (χ0n) is 11.7. The highest BCUT2D eigenvalue weighted by atomic mass is 19.1. The van der Waals surface area contributed by atoms with Gasteiger partial charge in [0.05, 0.1) is 0 Å². The fourth-order valence-electron chi connectivity index (χ4n) is 2.46. The van der Waals surface area contributed by atoms with E-state index >= 15 is 0 Å². The summed E-state index contributed by atoms with van der Waals surface area (Å²) in [5, 5.41) is 3.29. The maximum atomic E-state index is 13.8. The van der Waals surface area contributed by atoms with Crippen LogP contribution >= 0.6 is 0 Å². The minimum Gasteiger partial charge on any atom is -0.314 e. The van der Waals surface area contributed by atoms with E-state index in [9.17, 15) is 8.78 Å². The summed E-state index contributed by atoms with van der Waals surface area (Å²) in [6.45, 7) is 8.67. The summed E-state index contributed by atoms with van der Waals surface area (Å²) >= 11 is 0. The minimum atomic E-state index is -0.432. The van der Waals surface area contributed by atoms with Gasteiger partial charge in [0.25, 0.3) is 0 Å². The number of hydrogen-bond acceptors (Lipinski definition) is 2. The predicted molar refractivity (Wildman–Crippen MR) is 73.5 cm³/mol. The van der Waals surface area contributed by atoms with Gasteiger partial charge in [-0.2, -0.15) is 0 Å². The number of piperazine rings is 1. The molecule has 1 aromatic carbocycles. The lowest BCUT2D eigenvalue weighted by Crippen LogP contribution is -2.44. The molecule has 0 saturated carbocycles. The lowest BCUT2D eigenvalue weighted by atomic mass is 9.98. The molecule has 1 heterocycles. The maximum absolute atomic E-state index is 13.8. The molecule has 1 aromatic rings. The van der Waals surface area contributed by atoms with Gasteiger partial charge in [0, 0.05) is 38.8 Å². The average molecular weight is 268 g/mol. The molecule has 0 bridgehead atoms. The summed E-state index contributed by atoms with van der Waals surface area (Å²) in [5.41, 5.74) is 1.24. The van der Waals surface area contributed by atoms with Crippen molar-refractivity contribution in [2.75, 3.05) is 32.7 Å². The molecular formula is C15H22F2N2. The molecule has 1 saturated heterocycles. The van der Waals surface area contributed by atoms with E-state index in [0.717, 1.165) is 38.8 Å². The van der Waals surface area contributed by atoms with Crippen molar-refractivity contribution in [3.05, 3.63) is 34.9 Å². The Morgan fingerprint density at radius 2 is 1.84 bits per heavy atom. The molecule has 1 aliphatic heterocycles. The van der Waals surface area contributed by atoms with Gasteiger partial charge in [-0.3, -0.25) is 0 Å². The Hall–Kier alpha value is -1.00.